The van der Waals surface area contributed by atoms with Gasteiger partial charge in [-0.1, -0.05) is 34.1 Å². The van der Waals surface area contributed by atoms with Crippen molar-refractivity contribution in [2.75, 3.05) is 18.5 Å². The Hall–Kier alpha value is -1.32. The molecule has 0 atom stereocenters. The van der Waals surface area contributed by atoms with Crippen LogP contribution in [0.4, 0.5) is 11.4 Å². The second-order valence-corrected chi connectivity index (χ2v) is 6.10. The predicted molar refractivity (Wildman–Crippen MR) is 88.7 cm³/mol. The average Bonchev–Trinajstić information content (AvgIpc) is 2.47. The van der Waals surface area contributed by atoms with E-state index in [2.05, 4.69) is 68.6 Å². The van der Waals surface area contributed by atoms with Gasteiger partial charge in [0.05, 0.1) is 0 Å². The van der Waals surface area contributed by atoms with E-state index < -0.39 is 0 Å². The minimum Gasteiger partial charge on any atom is -0.341 e. The molecule has 1 N–H and O–H groups in total. The lowest BCUT2D eigenvalue weighted by Crippen LogP contribution is -2.26. The Morgan fingerprint density at radius 1 is 1.15 bits per heavy atom. The number of rotatable bonds is 3. The third-order valence-electron chi connectivity index (χ3n) is 3.81. The van der Waals surface area contributed by atoms with Crippen LogP contribution in [-0.2, 0) is 13.0 Å². The van der Waals surface area contributed by atoms with Crippen LogP contribution >= 0.6 is 15.9 Å². The number of benzene rings is 2. The van der Waals surface area contributed by atoms with Crippen LogP contribution in [0.15, 0.2) is 46.9 Å². The van der Waals surface area contributed by atoms with Gasteiger partial charge in [-0.15, -0.1) is 0 Å². The topological polar surface area (TPSA) is 15.3 Å². The minimum atomic E-state index is 0.882. The van der Waals surface area contributed by atoms with Gasteiger partial charge in [-0.3, -0.25) is 0 Å². The van der Waals surface area contributed by atoms with Crippen molar-refractivity contribution >= 4 is 27.3 Å². The van der Waals surface area contributed by atoms with Crippen molar-refractivity contribution in [3.63, 3.8) is 0 Å². The molecule has 0 bridgehead atoms. The summed E-state index contributed by atoms with van der Waals surface area (Å²) in [6.07, 6.45) is 2.40. The van der Waals surface area contributed by atoms with Crippen molar-refractivity contribution in [2.45, 2.75) is 19.4 Å². The second-order valence-electron chi connectivity index (χ2n) is 5.19. The number of para-hydroxylation sites is 1. The van der Waals surface area contributed by atoms with Crippen LogP contribution in [0.5, 0.6) is 0 Å². The lowest BCUT2D eigenvalue weighted by Gasteiger charge is -2.33. The minimum absolute atomic E-state index is 0.882. The highest BCUT2D eigenvalue weighted by Crippen LogP contribution is 2.36. The molecule has 2 nitrogen and oxygen atoms in total. The zero-order chi connectivity index (χ0) is 13.9. The first-order chi connectivity index (χ1) is 9.79. The first-order valence-electron chi connectivity index (χ1n) is 7.08. The average molecular weight is 331 g/mol. The molecule has 0 spiro atoms. The predicted octanol–water partition coefficient (Wildman–Crippen LogP) is 4.25. The molecular formula is C17H19BrN2. The number of nitrogens with zero attached hydrogens (tertiary/aromatic N) is 1. The van der Waals surface area contributed by atoms with Gasteiger partial charge in [-0.25, -0.2) is 0 Å². The largest absolute Gasteiger partial charge is 0.341 e. The van der Waals surface area contributed by atoms with E-state index in [0.29, 0.717) is 0 Å². The number of hydrogen-bond acceptors (Lipinski definition) is 2. The van der Waals surface area contributed by atoms with Crippen molar-refractivity contribution in [1.29, 1.82) is 0 Å². The maximum Gasteiger partial charge on any atom is 0.0457 e. The van der Waals surface area contributed by atoms with Gasteiger partial charge in [0.25, 0.3) is 0 Å². The monoisotopic (exact) mass is 330 g/mol. The summed E-state index contributed by atoms with van der Waals surface area (Å²) in [6.45, 7) is 1.98. The van der Waals surface area contributed by atoms with Crippen molar-refractivity contribution in [2.24, 2.45) is 0 Å². The summed E-state index contributed by atoms with van der Waals surface area (Å²) in [4.78, 5) is 2.46. The van der Waals surface area contributed by atoms with Crippen molar-refractivity contribution in [3.8, 4) is 0 Å². The van der Waals surface area contributed by atoms with E-state index in [-0.39, 0.29) is 0 Å². The van der Waals surface area contributed by atoms with Gasteiger partial charge < -0.3 is 10.2 Å². The number of fused-ring (bicyclic) bond motifs is 1. The van der Waals surface area contributed by atoms with Crippen LogP contribution in [0.25, 0.3) is 0 Å². The summed E-state index contributed by atoms with van der Waals surface area (Å²) >= 11 is 3.58. The standard InChI is InChI=1S/C17H19BrN2/c1-19-12-14-11-15(18)8-9-17(14)20-10-4-6-13-5-2-3-7-16(13)20/h2-3,5,7-9,11,19H,4,6,10,12H2,1H3. The highest BCUT2D eigenvalue weighted by Gasteiger charge is 2.19. The smallest absolute Gasteiger partial charge is 0.0457 e. The molecule has 0 unspecified atom stereocenters. The highest BCUT2D eigenvalue weighted by atomic mass is 79.9. The molecule has 1 aliphatic rings. The van der Waals surface area contributed by atoms with Gasteiger partial charge >= 0.3 is 0 Å². The molecule has 2 aromatic carbocycles. The number of nitrogens with one attached hydrogen (secondary N) is 1. The van der Waals surface area contributed by atoms with Gasteiger partial charge in [0.1, 0.15) is 0 Å². The molecule has 1 heterocycles. The van der Waals surface area contributed by atoms with Crippen LogP contribution < -0.4 is 10.2 Å². The van der Waals surface area contributed by atoms with Crippen LogP contribution in [0.3, 0.4) is 0 Å². The summed E-state index contributed by atoms with van der Waals surface area (Å²) < 4.78 is 1.14. The quantitative estimate of drug-likeness (QED) is 0.904. The molecule has 104 valence electrons. The lowest BCUT2D eigenvalue weighted by atomic mass is 10.00. The Balaban J connectivity index is 2.06. The molecule has 0 aromatic heterocycles. The fourth-order valence-electron chi connectivity index (χ4n) is 2.93. The molecule has 0 aliphatic carbocycles. The second kappa shape index (κ2) is 5.98. The normalized spacial score (nSPS) is 14.2. The third kappa shape index (κ3) is 2.60. The molecule has 0 saturated heterocycles. The van der Waals surface area contributed by atoms with E-state index in [0.717, 1.165) is 17.6 Å². The van der Waals surface area contributed by atoms with E-state index in [1.807, 2.05) is 7.05 Å². The molecule has 2 aromatic rings. The molecule has 3 heteroatoms. The first-order valence-corrected chi connectivity index (χ1v) is 7.87. The Bertz CT molecular complexity index is 610. The first kappa shape index (κ1) is 13.7. The summed E-state index contributed by atoms with van der Waals surface area (Å²) in [5, 5.41) is 3.27. The third-order valence-corrected chi connectivity index (χ3v) is 4.30. The van der Waals surface area contributed by atoms with E-state index in [1.54, 1.807) is 0 Å². The van der Waals surface area contributed by atoms with Crippen LogP contribution in [-0.4, -0.2) is 13.6 Å². The van der Waals surface area contributed by atoms with Crippen LogP contribution in [0.1, 0.15) is 17.5 Å². The fraction of sp³-hybridized carbons (Fsp3) is 0.294. The summed E-state index contributed by atoms with van der Waals surface area (Å²) in [5.41, 5.74) is 5.46. The molecule has 1 aliphatic heterocycles. The zero-order valence-corrected chi connectivity index (χ0v) is 13.3. The Morgan fingerprint density at radius 2 is 2.00 bits per heavy atom. The Morgan fingerprint density at radius 3 is 2.85 bits per heavy atom. The highest BCUT2D eigenvalue weighted by molar-refractivity contribution is 9.10. The number of hydrogen-bond donors (Lipinski definition) is 1. The number of halogens is 1. The maximum absolute atomic E-state index is 3.58. The zero-order valence-electron chi connectivity index (χ0n) is 11.7. The number of anilines is 2. The van der Waals surface area contributed by atoms with Gasteiger partial charge in [0.15, 0.2) is 0 Å². The Labute approximate surface area is 128 Å². The maximum atomic E-state index is 3.58. The summed E-state index contributed by atoms with van der Waals surface area (Å²) in [7, 11) is 1.99. The van der Waals surface area contributed by atoms with Crippen molar-refractivity contribution in [1.82, 2.24) is 5.32 Å². The summed E-state index contributed by atoms with van der Waals surface area (Å²) in [6, 6.07) is 15.3. The SMILES string of the molecule is CNCc1cc(Br)ccc1N1CCCc2ccccc21. The molecule has 3 rings (SSSR count). The fourth-order valence-corrected chi connectivity index (χ4v) is 3.34. The molecule has 0 radical (unpaired) electrons. The van der Waals surface area contributed by atoms with Gasteiger partial charge in [0, 0.05) is 28.9 Å². The Kier molecular flexibility index (Phi) is 4.08. The van der Waals surface area contributed by atoms with E-state index in [4.69, 9.17) is 0 Å². The van der Waals surface area contributed by atoms with Crippen LogP contribution in [0.2, 0.25) is 0 Å². The van der Waals surface area contributed by atoms with E-state index in [9.17, 15) is 0 Å². The lowest BCUT2D eigenvalue weighted by molar-refractivity contribution is 0.755. The van der Waals surface area contributed by atoms with Gasteiger partial charge in [0.2, 0.25) is 0 Å². The summed E-state index contributed by atoms with van der Waals surface area (Å²) in [5.74, 6) is 0. The number of aryl methyl sites for hydroxylation is 1. The van der Waals surface area contributed by atoms with Crippen LogP contribution in [0, 0.1) is 0 Å². The molecule has 0 amide bonds. The molecule has 0 fully saturated rings. The molecule has 0 saturated carbocycles. The van der Waals surface area contributed by atoms with Crippen molar-refractivity contribution < 1.29 is 0 Å². The van der Waals surface area contributed by atoms with Gasteiger partial charge in [-0.05, 0) is 55.3 Å². The van der Waals surface area contributed by atoms with Gasteiger partial charge in [-0.2, -0.15) is 0 Å². The van der Waals surface area contributed by atoms with E-state index >= 15 is 0 Å². The molecule has 20 heavy (non-hydrogen) atoms. The van der Waals surface area contributed by atoms with Crippen molar-refractivity contribution in [3.05, 3.63) is 58.1 Å². The van der Waals surface area contributed by atoms with E-state index in [1.165, 1.54) is 35.3 Å². The molecular weight excluding hydrogens is 312 g/mol.